The van der Waals surface area contributed by atoms with Gasteiger partial charge in [0.15, 0.2) is 0 Å². The molecule has 100 valence electrons. The second-order valence-corrected chi connectivity index (χ2v) is 4.51. The number of anilines is 1. The van der Waals surface area contributed by atoms with Crippen LogP contribution in [0.5, 0.6) is 0 Å². The van der Waals surface area contributed by atoms with Gasteiger partial charge < -0.3 is 11.1 Å². The van der Waals surface area contributed by atoms with E-state index >= 15 is 0 Å². The molecule has 20 heavy (non-hydrogen) atoms. The monoisotopic (exact) mass is 265 g/mol. The van der Waals surface area contributed by atoms with Crippen molar-refractivity contribution < 1.29 is 4.79 Å². The number of benzene rings is 2. The van der Waals surface area contributed by atoms with Crippen LogP contribution in [0.25, 0.3) is 0 Å². The van der Waals surface area contributed by atoms with Gasteiger partial charge >= 0.3 is 0 Å². The van der Waals surface area contributed by atoms with Crippen molar-refractivity contribution in [2.45, 2.75) is 13.5 Å². The summed E-state index contributed by atoms with van der Waals surface area (Å²) in [7, 11) is 0. The summed E-state index contributed by atoms with van der Waals surface area (Å²) >= 11 is 0. The fourth-order valence-corrected chi connectivity index (χ4v) is 1.93. The molecule has 2 aromatic rings. The maximum Gasteiger partial charge on any atom is 0.251 e. The molecule has 1 amide bonds. The number of nitrogen functional groups attached to an aromatic ring is 1. The lowest BCUT2D eigenvalue weighted by molar-refractivity contribution is 0.0950. The molecule has 0 aliphatic rings. The average molecular weight is 265 g/mol. The first-order chi connectivity index (χ1) is 9.61. The average Bonchev–Trinajstić information content (AvgIpc) is 2.48. The van der Waals surface area contributed by atoms with Gasteiger partial charge in [0.25, 0.3) is 5.91 Å². The van der Waals surface area contributed by atoms with Gasteiger partial charge in [-0.3, -0.25) is 4.79 Å². The topological polar surface area (TPSA) is 78.9 Å². The fraction of sp³-hybridized carbons (Fsp3) is 0.125. The highest BCUT2D eigenvalue weighted by molar-refractivity contribution is 5.96. The molecular weight excluding hydrogens is 250 g/mol. The number of nitrogens with zero attached hydrogens (tertiary/aromatic N) is 1. The van der Waals surface area contributed by atoms with Gasteiger partial charge in [-0.15, -0.1) is 0 Å². The van der Waals surface area contributed by atoms with Crippen LogP contribution in [0.4, 0.5) is 5.69 Å². The number of hydrogen-bond donors (Lipinski definition) is 2. The number of carbonyl (C=O) groups excluding carboxylic acids is 1. The number of rotatable bonds is 3. The van der Waals surface area contributed by atoms with Crippen LogP contribution >= 0.6 is 0 Å². The summed E-state index contributed by atoms with van der Waals surface area (Å²) in [6, 6.07) is 14.5. The van der Waals surface area contributed by atoms with Crippen molar-refractivity contribution in [3.05, 3.63) is 64.7 Å². The van der Waals surface area contributed by atoms with Crippen LogP contribution in [0.3, 0.4) is 0 Å². The van der Waals surface area contributed by atoms with Crippen molar-refractivity contribution in [1.29, 1.82) is 5.26 Å². The molecule has 2 aromatic carbocycles. The summed E-state index contributed by atoms with van der Waals surface area (Å²) in [5.74, 6) is -0.169. The third kappa shape index (κ3) is 2.96. The van der Waals surface area contributed by atoms with Crippen LogP contribution < -0.4 is 11.1 Å². The van der Waals surface area contributed by atoms with E-state index in [1.54, 1.807) is 36.4 Å². The van der Waals surface area contributed by atoms with Crippen LogP contribution in [0.1, 0.15) is 27.0 Å². The lowest BCUT2D eigenvalue weighted by Crippen LogP contribution is -2.23. The minimum Gasteiger partial charge on any atom is -0.398 e. The fourth-order valence-electron chi connectivity index (χ4n) is 1.93. The quantitative estimate of drug-likeness (QED) is 0.836. The van der Waals surface area contributed by atoms with Crippen molar-refractivity contribution in [2.24, 2.45) is 0 Å². The first-order valence-electron chi connectivity index (χ1n) is 6.24. The van der Waals surface area contributed by atoms with Gasteiger partial charge in [0.2, 0.25) is 0 Å². The van der Waals surface area contributed by atoms with E-state index in [9.17, 15) is 4.79 Å². The molecule has 0 fully saturated rings. The number of nitrogens with one attached hydrogen (secondary N) is 1. The minimum atomic E-state index is -0.169. The van der Waals surface area contributed by atoms with Gasteiger partial charge in [0.05, 0.1) is 11.6 Å². The van der Waals surface area contributed by atoms with E-state index in [2.05, 4.69) is 11.4 Å². The number of carbonyl (C=O) groups is 1. The van der Waals surface area contributed by atoms with Gasteiger partial charge in [0, 0.05) is 17.8 Å². The van der Waals surface area contributed by atoms with Crippen molar-refractivity contribution in [3.8, 4) is 6.07 Å². The molecule has 4 heteroatoms. The molecule has 2 rings (SSSR count). The summed E-state index contributed by atoms with van der Waals surface area (Å²) in [6.45, 7) is 2.20. The van der Waals surface area contributed by atoms with Gasteiger partial charge in [-0.05, 0) is 42.3 Å². The highest BCUT2D eigenvalue weighted by atomic mass is 16.1. The zero-order valence-electron chi connectivity index (χ0n) is 11.2. The normalized spacial score (nSPS) is 9.80. The van der Waals surface area contributed by atoms with Gasteiger partial charge in [0.1, 0.15) is 0 Å². The van der Waals surface area contributed by atoms with Crippen LogP contribution in [-0.2, 0) is 6.54 Å². The van der Waals surface area contributed by atoms with E-state index in [1.165, 1.54) is 0 Å². The Morgan fingerprint density at radius 1 is 1.30 bits per heavy atom. The first-order valence-corrected chi connectivity index (χ1v) is 6.24. The molecule has 0 aromatic heterocycles. The molecule has 0 spiro atoms. The molecule has 0 heterocycles. The molecular formula is C16H15N3O. The lowest BCUT2D eigenvalue weighted by atomic mass is 10.1. The molecule has 0 saturated heterocycles. The Morgan fingerprint density at radius 2 is 2.05 bits per heavy atom. The maximum absolute atomic E-state index is 12.1. The van der Waals surface area contributed by atoms with Crippen molar-refractivity contribution in [3.63, 3.8) is 0 Å². The zero-order valence-corrected chi connectivity index (χ0v) is 11.2. The highest BCUT2D eigenvalue weighted by Gasteiger charge is 2.10. The third-order valence-electron chi connectivity index (χ3n) is 3.13. The van der Waals surface area contributed by atoms with E-state index in [0.717, 1.165) is 11.1 Å². The van der Waals surface area contributed by atoms with Crippen LogP contribution in [-0.4, -0.2) is 5.91 Å². The molecule has 0 saturated carbocycles. The second-order valence-electron chi connectivity index (χ2n) is 4.51. The Hall–Kier alpha value is -2.80. The Balaban J connectivity index is 2.09. The van der Waals surface area contributed by atoms with Crippen LogP contribution in [0.2, 0.25) is 0 Å². The van der Waals surface area contributed by atoms with Crippen LogP contribution in [0.15, 0.2) is 42.5 Å². The zero-order chi connectivity index (χ0) is 14.5. The smallest absolute Gasteiger partial charge is 0.251 e. The van der Waals surface area contributed by atoms with Gasteiger partial charge in [-0.1, -0.05) is 18.2 Å². The van der Waals surface area contributed by atoms with E-state index in [1.807, 2.05) is 13.0 Å². The Bertz CT molecular complexity index is 686. The Morgan fingerprint density at radius 3 is 2.80 bits per heavy atom. The molecule has 0 unspecified atom stereocenters. The Kier molecular flexibility index (Phi) is 4.02. The Labute approximate surface area is 117 Å². The second kappa shape index (κ2) is 5.89. The van der Waals surface area contributed by atoms with Crippen molar-refractivity contribution in [2.75, 3.05) is 5.73 Å². The van der Waals surface area contributed by atoms with Gasteiger partial charge in [-0.2, -0.15) is 5.26 Å². The molecule has 0 aliphatic heterocycles. The van der Waals surface area contributed by atoms with Gasteiger partial charge in [-0.25, -0.2) is 0 Å². The summed E-state index contributed by atoms with van der Waals surface area (Å²) in [5.41, 5.74) is 9.20. The molecule has 3 N–H and O–H groups in total. The summed E-state index contributed by atoms with van der Waals surface area (Å²) in [5, 5.41) is 11.7. The molecule has 4 nitrogen and oxygen atoms in total. The SMILES string of the molecule is Cc1c(N)cccc1C(=O)NCc1cccc(C#N)c1. The van der Waals surface area contributed by atoms with Crippen LogP contribution in [0, 0.1) is 18.3 Å². The van der Waals surface area contributed by atoms with E-state index < -0.39 is 0 Å². The number of nitrogens with two attached hydrogens (primary N) is 1. The highest BCUT2D eigenvalue weighted by Crippen LogP contribution is 2.15. The summed E-state index contributed by atoms with van der Waals surface area (Å²) in [6.07, 6.45) is 0. The lowest BCUT2D eigenvalue weighted by Gasteiger charge is -2.09. The third-order valence-corrected chi connectivity index (χ3v) is 3.13. The molecule has 0 atom stereocenters. The molecule has 0 bridgehead atoms. The van der Waals surface area contributed by atoms with E-state index in [-0.39, 0.29) is 5.91 Å². The summed E-state index contributed by atoms with van der Waals surface area (Å²) < 4.78 is 0. The minimum absolute atomic E-state index is 0.169. The first kappa shape index (κ1) is 13.6. The van der Waals surface area contributed by atoms with E-state index in [0.29, 0.717) is 23.4 Å². The standard InChI is InChI=1S/C16H15N3O/c1-11-14(6-3-7-15(11)18)16(20)19-10-13-5-2-4-12(8-13)9-17/h2-8H,10,18H2,1H3,(H,19,20). The maximum atomic E-state index is 12.1. The van der Waals surface area contributed by atoms with E-state index in [4.69, 9.17) is 11.0 Å². The number of nitriles is 1. The molecule has 0 aliphatic carbocycles. The number of amides is 1. The largest absolute Gasteiger partial charge is 0.398 e. The summed E-state index contributed by atoms with van der Waals surface area (Å²) in [4.78, 5) is 12.1. The van der Waals surface area contributed by atoms with Crippen molar-refractivity contribution in [1.82, 2.24) is 5.32 Å². The predicted molar refractivity (Wildman–Crippen MR) is 77.9 cm³/mol. The predicted octanol–water partition coefficient (Wildman–Crippen LogP) is 2.38. The van der Waals surface area contributed by atoms with Crippen molar-refractivity contribution >= 4 is 11.6 Å². The molecule has 0 radical (unpaired) electrons. The number of hydrogen-bond acceptors (Lipinski definition) is 3.